The zero-order valence-electron chi connectivity index (χ0n) is 11.4. The third-order valence-electron chi connectivity index (χ3n) is 1.79. The molecule has 0 rings (SSSR count). The third kappa shape index (κ3) is 5.64. The highest BCUT2D eigenvalue weighted by Gasteiger charge is 2.36. The van der Waals surface area contributed by atoms with Gasteiger partial charge in [-0.2, -0.15) is 0 Å². The molecule has 86 valence electrons. The van der Waals surface area contributed by atoms with Crippen LogP contribution in [0.3, 0.4) is 0 Å². The summed E-state index contributed by atoms with van der Waals surface area (Å²) in [6.45, 7) is 21.9. The van der Waals surface area contributed by atoms with Crippen molar-refractivity contribution in [3.05, 3.63) is 0 Å². The van der Waals surface area contributed by atoms with Crippen LogP contribution in [0.2, 0.25) is 39.3 Å². The van der Waals surface area contributed by atoms with Crippen LogP contribution in [-0.4, -0.2) is 25.6 Å². The lowest BCUT2D eigenvalue weighted by atomic mass is 10.3. The van der Waals surface area contributed by atoms with E-state index in [0.29, 0.717) is 5.16 Å². The molecule has 0 heterocycles. The predicted octanol–water partition coefficient (Wildman–Crippen LogP) is 4.35. The smallest absolute Gasteiger partial charge is 0.115 e. The summed E-state index contributed by atoms with van der Waals surface area (Å²) in [5, 5.41) is 0.459. The van der Waals surface area contributed by atoms with E-state index in [1.165, 1.54) is 0 Å². The van der Waals surface area contributed by atoms with E-state index in [9.17, 15) is 0 Å². The van der Waals surface area contributed by atoms with Gasteiger partial charge in [0.25, 0.3) is 0 Å². The Morgan fingerprint density at radius 3 is 1.14 bits per heavy atom. The van der Waals surface area contributed by atoms with Gasteiger partial charge in [0.2, 0.25) is 0 Å². The molecule has 0 N–H and O–H groups in total. The maximum Gasteiger partial charge on any atom is 0.115 e. The van der Waals surface area contributed by atoms with E-state index >= 15 is 0 Å². The molecule has 1 nitrogen and oxygen atoms in total. The van der Waals surface area contributed by atoms with Crippen LogP contribution in [0.5, 0.6) is 0 Å². The van der Waals surface area contributed by atoms with Gasteiger partial charge < -0.3 is 4.00 Å². The molecule has 0 spiro atoms. The highest BCUT2D eigenvalue weighted by molar-refractivity contribution is 7.44. The van der Waals surface area contributed by atoms with Crippen LogP contribution in [0.1, 0.15) is 20.8 Å². The van der Waals surface area contributed by atoms with Crippen molar-refractivity contribution in [1.82, 2.24) is 4.00 Å². The van der Waals surface area contributed by atoms with Gasteiger partial charge in [0.1, 0.15) is 16.5 Å². The number of hydrogen-bond acceptors (Lipinski definition) is 1. The molecule has 0 aromatic rings. The first kappa shape index (κ1) is 14.8. The maximum absolute atomic E-state index is 2.89. The first-order valence-corrected chi connectivity index (χ1v) is 13.3. The Bertz CT molecular complexity index is 172. The minimum absolute atomic E-state index is 0.459. The summed E-state index contributed by atoms with van der Waals surface area (Å²) in [4.78, 5) is 0. The van der Waals surface area contributed by atoms with Crippen LogP contribution < -0.4 is 0 Å². The van der Waals surface area contributed by atoms with Gasteiger partial charge in [-0.1, -0.05) is 68.8 Å². The number of nitrogens with zero attached hydrogens (tertiary/aromatic N) is 1. The molecule has 0 saturated carbocycles. The van der Waals surface area contributed by atoms with Crippen LogP contribution in [0.25, 0.3) is 0 Å². The van der Waals surface area contributed by atoms with E-state index in [2.05, 4.69) is 64.1 Å². The second-order valence-electron chi connectivity index (χ2n) is 7.04. The summed E-state index contributed by atoms with van der Waals surface area (Å²) in [7, 11) is -1.26. The Morgan fingerprint density at radius 2 is 1.07 bits per heavy atom. The fourth-order valence-electron chi connectivity index (χ4n) is 1.68. The SMILES string of the molecule is CC(C)(C)PN([Si](C)(C)C)[Si](C)(C)C. The van der Waals surface area contributed by atoms with Crippen LogP contribution in [0.4, 0.5) is 0 Å². The van der Waals surface area contributed by atoms with Crippen LogP contribution in [0.15, 0.2) is 0 Å². The molecule has 0 aromatic carbocycles. The fraction of sp³-hybridized carbons (Fsp3) is 1.00. The summed E-state index contributed by atoms with van der Waals surface area (Å²) in [5.41, 5.74) is 0. The van der Waals surface area contributed by atoms with Crippen molar-refractivity contribution >= 4 is 25.2 Å². The van der Waals surface area contributed by atoms with Crippen molar-refractivity contribution in [2.24, 2.45) is 0 Å². The van der Waals surface area contributed by atoms with E-state index in [0.717, 1.165) is 8.73 Å². The highest BCUT2D eigenvalue weighted by atomic mass is 31.1. The number of rotatable bonds is 3. The van der Waals surface area contributed by atoms with Gasteiger partial charge in [-0.05, 0) is 5.16 Å². The summed E-state index contributed by atoms with van der Waals surface area (Å²) >= 11 is 0. The van der Waals surface area contributed by atoms with Crippen molar-refractivity contribution in [3.63, 3.8) is 0 Å². The van der Waals surface area contributed by atoms with Crippen molar-refractivity contribution in [3.8, 4) is 0 Å². The Labute approximate surface area is 94.7 Å². The van der Waals surface area contributed by atoms with Gasteiger partial charge in [-0.15, -0.1) is 0 Å². The molecule has 0 fully saturated rings. The molecule has 4 heteroatoms. The molecule has 0 aliphatic rings. The minimum atomic E-state index is -1.12. The molecule has 0 radical (unpaired) electrons. The first-order chi connectivity index (χ1) is 5.84. The van der Waals surface area contributed by atoms with Gasteiger partial charge in [0.05, 0.1) is 0 Å². The molecule has 14 heavy (non-hydrogen) atoms. The minimum Gasteiger partial charge on any atom is -0.326 e. The van der Waals surface area contributed by atoms with E-state index in [1.807, 2.05) is 0 Å². The van der Waals surface area contributed by atoms with Crippen LogP contribution in [0, 0.1) is 0 Å². The zero-order valence-corrected chi connectivity index (χ0v) is 14.4. The normalized spacial score (nSPS) is 15.9. The summed E-state index contributed by atoms with van der Waals surface area (Å²) in [6, 6.07) is 0. The molecule has 0 bridgehead atoms. The average Bonchev–Trinajstić information content (AvgIpc) is 1.75. The summed E-state index contributed by atoms with van der Waals surface area (Å²) in [5.74, 6) is 0. The first-order valence-electron chi connectivity index (χ1n) is 5.42. The van der Waals surface area contributed by atoms with Crippen LogP contribution >= 0.6 is 8.73 Å². The predicted molar refractivity (Wildman–Crippen MR) is 76.6 cm³/mol. The van der Waals surface area contributed by atoms with Gasteiger partial charge in [0, 0.05) is 0 Å². The fourth-order valence-corrected chi connectivity index (χ4v) is 15.1. The molecular weight excluding hydrogens is 221 g/mol. The largest absolute Gasteiger partial charge is 0.326 e. The van der Waals surface area contributed by atoms with Crippen LogP contribution in [-0.2, 0) is 0 Å². The lowest BCUT2D eigenvalue weighted by molar-refractivity contribution is 0.765. The Kier molecular flexibility index (Phi) is 4.62. The van der Waals surface area contributed by atoms with E-state index in [-0.39, 0.29) is 0 Å². The molecule has 1 unspecified atom stereocenters. The molecule has 0 aliphatic heterocycles. The molecule has 0 aromatic heterocycles. The number of hydrogen-bond donors (Lipinski definition) is 0. The topological polar surface area (TPSA) is 3.24 Å². The standard InChI is InChI=1S/C10H28NPSi2/c1-10(2,3)12-11(13(4,5)6)14(7,8)9/h12H,1-9H3. The maximum atomic E-state index is 2.89. The van der Waals surface area contributed by atoms with E-state index in [1.54, 1.807) is 0 Å². The second kappa shape index (κ2) is 4.36. The monoisotopic (exact) mass is 249 g/mol. The molecule has 1 atom stereocenters. The van der Waals surface area contributed by atoms with Crippen molar-refractivity contribution in [2.45, 2.75) is 65.2 Å². The van der Waals surface area contributed by atoms with Gasteiger partial charge in [-0.3, -0.25) is 0 Å². The Balaban J connectivity index is 4.78. The van der Waals surface area contributed by atoms with Gasteiger partial charge in [0.15, 0.2) is 0 Å². The lowest BCUT2D eigenvalue weighted by Crippen LogP contribution is -2.55. The van der Waals surface area contributed by atoms with Gasteiger partial charge in [-0.25, -0.2) is 0 Å². The molecule has 0 aliphatic carbocycles. The molecule has 0 amide bonds. The Hall–Kier alpha value is 0.824. The van der Waals surface area contributed by atoms with Gasteiger partial charge >= 0.3 is 0 Å². The summed E-state index contributed by atoms with van der Waals surface area (Å²) in [6.07, 6.45) is 0. The highest BCUT2D eigenvalue weighted by Crippen LogP contribution is 2.41. The average molecular weight is 249 g/mol. The lowest BCUT2D eigenvalue weighted by Gasteiger charge is -2.46. The second-order valence-corrected chi connectivity index (χ2v) is 20.1. The molecular formula is C10H28NPSi2. The third-order valence-corrected chi connectivity index (χ3v) is 14.1. The summed E-state index contributed by atoms with van der Waals surface area (Å²) < 4.78 is 2.89. The Morgan fingerprint density at radius 1 is 0.786 bits per heavy atom. The van der Waals surface area contributed by atoms with Crippen molar-refractivity contribution in [1.29, 1.82) is 0 Å². The molecule has 0 saturated heterocycles. The van der Waals surface area contributed by atoms with E-state index < -0.39 is 16.5 Å². The van der Waals surface area contributed by atoms with Crippen molar-refractivity contribution < 1.29 is 0 Å². The quantitative estimate of drug-likeness (QED) is 0.531. The zero-order chi connectivity index (χ0) is 11.8. The van der Waals surface area contributed by atoms with E-state index in [4.69, 9.17) is 0 Å². The van der Waals surface area contributed by atoms with Crippen molar-refractivity contribution in [2.75, 3.05) is 0 Å².